The van der Waals surface area contributed by atoms with Gasteiger partial charge >= 0.3 is 0 Å². The van der Waals surface area contributed by atoms with Crippen molar-refractivity contribution in [3.05, 3.63) is 40.4 Å². The first kappa shape index (κ1) is 12.8. The second-order valence-electron chi connectivity index (χ2n) is 3.67. The van der Waals surface area contributed by atoms with Gasteiger partial charge in [-0.2, -0.15) is 0 Å². The lowest BCUT2D eigenvalue weighted by Gasteiger charge is -2.01. The van der Waals surface area contributed by atoms with Crippen LogP contribution in [0.1, 0.15) is 24.5 Å². The van der Waals surface area contributed by atoms with Crippen LogP contribution in [-0.2, 0) is 4.79 Å². The van der Waals surface area contributed by atoms with Gasteiger partial charge in [0.1, 0.15) is 0 Å². The Morgan fingerprint density at radius 1 is 1.50 bits per heavy atom. The number of benzene rings is 1. The topological polar surface area (TPSA) is 29.1 Å². The molecule has 1 amide bonds. The van der Waals surface area contributed by atoms with Gasteiger partial charge in [-0.3, -0.25) is 4.79 Å². The Balaban J connectivity index is 2.47. The van der Waals surface area contributed by atoms with Gasteiger partial charge in [-0.1, -0.05) is 29.8 Å². The van der Waals surface area contributed by atoms with Crippen molar-refractivity contribution < 1.29 is 4.79 Å². The second-order valence-corrected chi connectivity index (χ2v) is 4.11. The van der Waals surface area contributed by atoms with Crippen LogP contribution < -0.4 is 5.32 Å². The van der Waals surface area contributed by atoms with Crippen molar-refractivity contribution in [1.29, 1.82) is 0 Å². The first-order valence-electron chi connectivity index (χ1n) is 5.26. The molecule has 1 N–H and O–H groups in total. The monoisotopic (exact) mass is 237 g/mol. The highest BCUT2D eigenvalue weighted by atomic mass is 35.5. The van der Waals surface area contributed by atoms with Crippen molar-refractivity contribution in [1.82, 2.24) is 5.32 Å². The van der Waals surface area contributed by atoms with E-state index in [0.717, 1.165) is 22.6 Å². The van der Waals surface area contributed by atoms with Crippen LogP contribution in [0.4, 0.5) is 0 Å². The Bertz CT molecular complexity index is 399. The molecule has 0 saturated heterocycles. The molecule has 3 heteroatoms. The van der Waals surface area contributed by atoms with Crippen molar-refractivity contribution >= 4 is 23.6 Å². The Labute approximate surface area is 101 Å². The average Bonchev–Trinajstić information content (AvgIpc) is 2.20. The minimum absolute atomic E-state index is 0.0103. The molecule has 86 valence electrons. The van der Waals surface area contributed by atoms with Crippen LogP contribution in [-0.4, -0.2) is 12.5 Å². The molecule has 1 aromatic carbocycles. The zero-order valence-corrected chi connectivity index (χ0v) is 10.3. The van der Waals surface area contributed by atoms with E-state index in [1.54, 1.807) is 0 Å². The van der Waals surface area contributed by atoms with Crippen LogP contribution in [0.25, 0.3) is 6.08 Å². The minimum atomic E-state index is 0.0103. The number of hydrogen-bond acceptors (Lipinski definition) is 1. The van der Waals surface area contributed by atoms with Gasteiger partial charge in [0.05, 0.1) is 0 Å². The van der Waals surface area contributed by atoms with E-state index in [2.05, 4.69) is 5.32 Å². The summed E-state index contributed by atoms with van der Waals surface area (Å²) < 4.78 is 0. The van der Waals surface area contributed by atoms with E-state index < -0.39 is 0 Å². The van der Waals surface area contributed by atoms with Gasteiger partial charge in [0.25, 0.3) is 0 Å². The van der Waals surface area contributed by atoms with Gasteiger partial charge in [0, 0.05) is 18.5 Å². The summed E-state index contributed by atoms with van der Waals surface area (Å²) in [6, 6.07) is 5.81. The fourth-order valence-corrected chi connectivity index (χ4v) is 1.59. The molecule has 0 aliphatic heterocycles. The lowest BCUT2D eigenvalue weighted by atomic mass is 10.1. The molecule has 0 heterocycles. The van der Waals surface area contributed by atoms with Crippen molar-refractivity contribution in [3.63, 3.8) is 0 Å². The summed E-state index contributed by atoms with van der Waals surface area (Å²) in [5.41, 5.74) is 2.32. The minimum Gasteiger partial charge on any atom is -0.356 e. The van der Waals surface area contributed by atoms with Gasteiger partial charge < -0.3 is 5.32 Å². The van der Waals surface area contributed by atoms with Gasteiger partial charge in [-0.25, -0.2) is 0 Å². The Morgan fingerprint density at radius 2 is 2.25 bits per heavy atom. The van der Waals surface area contributed by atoms with E-state index >= 15 is 0 Å². The lowest BCUT2D eigenvalue weighted by Crippen LogP contribution is -2.20. The summed E-state index contributed by atoms with van der Waals surface area (Å²) in [5, 5.41) is 3.50. The van der Waals surface area contributed by atoms with E-state index in [1.165, 1.54) is 6.92 Å². The highest BCUT2D eigenvalue weighted by molar-refractivity contribution is 6.30. The molecule has 0 radical (unpaired) electrons. The molecule has 0 aliphatic rings. The summed E-state index contributed by atoms with van der Waals surface area (Å²) in [6.07, 6.45) is 4.93. The third-order valence-corrected chi connectivity index (χ3v) is 2.45. The molecule has 0 unspecified atom stereocenters. The number of nitrogens with one attached hydrogen (secondary N) is 1. The third-order valence-electron chi connectivity index (χ3n) is 2.21. The molecule has 0 saturated carbocycles. The molecular weight excluding hydrogens is 222 g/mol. The summed E-state index contributed by atoms with van der Waals surface area (Å²) in [5.74, 6) is 0.0103. The average molecular weight is 238 g/mol. The van der Waals surface area contributed by atoms with Gasteiger partial charge in [-0.05, 0) is 36.6 Å². The maximum absolute atomic E-state index is 10.6. The molecule has 0 atom stereocenters. The predicted molar refractivity (Wildman–Crippen MR) is 68.5 cm³/mol. The first-order chi connectivity index (χ1) is 7.59. The Morgan fingerprint density at radius 3 is 2.88 bits per heavy atom. The largest absolute Gasteiger partial charge is 0.356 e. The van der Waals surface area contributed by atoms with Crippen LogP contribution in [0.2, 0.25) is 5.02 Å². The molecule has 1 rings (SSSR count). The van der Waals surface area contributed by atoms with E-state index in [4.69, 9.17) is 11.6 Å². The van der Waals surface area contributed by atoms with E-state index in [9.17, 15) is 4.79 Å². The maximum atomic E-state index is 10.6. The van der Waals surface area contributed by atoms with Crippen LogP contribution in [0.15, 0.2) is 24.3 Å². The smallest absolute Gasteiger partial charge is 0.216 e. The molecule has 0 bridgehead atoms. The first-order valence-corrected chi connectivity index (χ1v) is 5.64. The quantitative estimate of drug-likeness (QED) is 0.801. The van der Waals surface area contributed by atoms with Crippen LogP contribution in [0.3, 0.4) is 0 Å². The van der Waals surface area contributed by atoms with Crippen LogP contribution in [0.5, 0.6) is 0 Å². The second kappa shape index (κ2) is 6.33. The SMILES string of the molecule is CC(=O)NCCC=Cc1ccc(Cl)cc1C. The van der Waals surface area contributed by atoms with Crippen molar-refractivity contribution in [2.24, 2.45) is 0 Å². The standard InChI is InChI=1S/C13H16ClNO/c1-10-9-13(14)7-6-12(10)5-3-4-8-15-11(2)16/h3,5-7,9H,4,8H2,1-2H3,(H,15,16). The molecule has 0 spiro atoms. The summed E-state index contributed by atoms with van der Waals surface area (Å²) in [7, 11) is 0. The van der Waals surface area contributed by atoms with Crippen molar-refractivity contribution in [3.8, 4) is 0 Å². The number of carbonyl (C=O) groups is 1. The molecule has 0 aromatic heterocycles. The predicted octanol–water partition coefficient (Wildman–Crippen LogP) is 3.19. The van der Waals surface area contributed by atoms with E-state index in [0.29, 0.717) is 6.54 Å². The normalized spacial score (nSPS) is 10.7. The van der Waals surface area contributed by atoms with Crippen molar-refractivity contribution in [2.45, 2.75) is 20.3 Å². The van der Waals surface area contributed by atoms with Gasteiger partial charge in [-0.15, -0.1) is 0 Å². The molecule has 16 heavy (non-hydrogen) atoms. The van der Waals surface area contributed by atoms with E-state index in [1.807, 2.05) is 37.3 Å². The van der Waals surface area contributed by atoms with E-state index in [-0.39, 0.29) is 5.91 Å². The molecule has 0 fully saturated rings. The molecular formula is C13H16ClNO. The van der Waals surface area contributed by atoms with Crippen LogP contribution >= 0.6 is 11.6 Å². The Kier molecular flexibility index (Phi) is 5.06. The molecule has 1 aromatic rings. The number of aryl methyl sites for hydroxylation is 1. The van der Waals surface area contributed by atoms with Crippen molar-refractivity contribution in [2.75, 3.05) is 6.54 Å². The number of amides is 1. The van der Waals surface area contributed by atoms with Crippen LogP contribution in [0, 0.1) is 6.92 Å². The maximum Gasteiger partial charge on any atom is 0.216 e. The zero-order chi connectivity index (χ0) is 12.0. The van der Waals surface area contributed by atoms with Gasteiger partial charge in [0.15, 0.2) is 0 Å². The number of hydrogen-bond donors (Lipinski definition) is 1. The number of carbonyl (C=O) groups excluding carboxylic acids is 1. The lowest BCUT2D eigenvalue weighted by molar-refractivity contribution is -0.118. The zero-order valence-electron chi connectivity index (χ0n) is 9.59. The fraction of sp³-hybridized carbons (Fsp3) is 0.308. The molecule has 2 nitrogen and oxygen atoms in total. The highest BCUT2D eigenvalue weighted by Crippen LogP contribution is 2.16. The number of rotatable bonds is 4. The highest BCUT2D eigenvalue weighted by Gasteiger charge is 1.94. The summed E-state index contributed by atoms with van der Waals surface area (Å²) in [4.78, 5) is 10.6. The Hall–Kier alpha value is -1.28. The van der Waals surface area contributed by atoms with Gasteiger partial charge in [0.2, 0.25) is 5.91 Å². The summed E-state index contributed by atoms with van der Waals surface area (Å²) in [6.45, 7) is 4.23. The summed E-state index contributed by atoms with van der Waals surface area (Å²) >= 11 is 5.86. The molecule has 0 aliphatic carbocycles. The third kappa shape index (κ3) is 4.49. The fourth-order valence-electron chi connectivity index (χ4n) is 1.37. The number of halogens is 1.